The van der Waals surface area contributed by atoms with Crippen molar-refractivity contribution in [1.82, 2.24) is 9.55 Å². The molecule has 1 aromatic carbocycles. The average molecular weight is 284 g/mol. The third-order valence-electron chi connectivity index (χ3n) is 2.45. The van der Waals surface area contributed by atoms with Crippen LogP contribution in [0.5, 0.6) is 0 Å². The molecular formula is C11H11BrFN3. The molecule has 5 heteroatoms. The highest BCUT2D eigenvalue weighted by atomic mass is 79.9. The first-order valence-corrected chi connectivity index (χ1v) is 5.57. The molecule has 0 fully saturated rings. The van der Waals surface area contributed by atoms with E-state index in [1.165, 1.54) is 6.07 Å². The maximum absolute atomic E-state index is 13.4. The zero-order chi connectivity index (χ0) is 11.7. The van der Waals surface area contributed by atoms with Crippen LogP contribution in [0, 0.1) is 5.82 Å². The van der Waals surface area contributed by atoms with Gasteiger partial charge in [0.2, 0.25) is 0 Å². The lowest BCUT2D eigenvalue weighted by Crippen LogP contribution is -2.17. The summed E-state index contributed by atoms with van der Waals surface area (Å²) in [4.78, 5) is 4.16. The average Bonchev–Trinajstić information content (AvgIpc) is 2.68. The van der Waals surface area contributed by atoms with Gasteiger partial charge in [0, 0.05) is 19.4 Å². The van der Waals surface area contributed by atoms with E-state index >= 15 is 0 Å². The third kappa shape index (κ3) is 1.88. The van der Waals surface area contributed by atoms with Crippen molar-refractivity contribution in [2.45, 2.75) is 6.04 Å². The number of nitrogens with two attached hydrogens (primary N) is 1. The first-order valence-electron chi connectivity index (χ1n) is 4.78. The Morgan fingerprint density at radius 1 is 1.50 bits per heavy atom. The fourth-order valence-electron chi connectivity index (χ4n) is 1.58. The third-order valence-corrected chi connectivity index (χ3v) is 3.29. The van der Waals surface area contributed by atoms with E-state index in [1.807, 2.05) is 17.8 Å². The molecule has 16 heavy (non-hydrogen) atoms. The number of benzene rings is 1. The van der Waals surface area contributed by atoms with Gasteiger partial charge in [-0.15, -0.1) is 0 Å². The van der Waals surface area contributed by atoms with Crippen LogP contribution in [0.1, 0.15) is 17.4 Å². The number of nitrogens with zero attached hydrogens (tertiary/aromatic N) is 2. The van der Waals surface area contributed by atoms with Crippen LogP contribution in [-0.2, 0) is 7.05 Å². The van der Waals surface area contributed by atoms with E-state index in [9.17, 15) is 4.39 Å². The highest BCUT2D eigenvalue weighted by molar-refractivity contribution is 9.10. The molecule has 2 rings (SSSR count). The molecule has 0 aliphatic heterocycles. The number of hydrogen-bond acceptors (Lipinski definition) is 2. The van der Waals surface area contributed by atoms with E-state index < -0.39 is 6.04 Å². The lowest BCUT2D eigenvalue weighted by atomic mass is 10.1. The van der Waals surface area contributed by atoms with E-state index in [0.29, 0.717) is 15.9 Å². The summed E-state index contributed by atoms with van der Waals surface area (Å²) in [7, 11) is 1.86. The Morgan fingerprint density at radius 3 is 2.88 bits per heavy atom. The van der Waals surface area contributed by atoms with E-state index in [2.05, 4.69) is 20.9 Å². The molecule has 2 N–H and O–H groups in total. The molecule has 1 aromatic heterocycles. The second-order valence-corrected chi connectivity index (χ2v) is 4.31. The molecule has 1 unspecified atom stereocenters. The van der Waals surface area contributed by atoms with Crippen molar-refractivity contribution in [3.05, 3.63) is 52.3 Å². The standard InChI is InChI=1S/C11H11BrFN3/c1-16-6-5-15-11(16)10(14)7-3-2-4-8(13)9(7)12/h2-6,10H,14H2,1H3. The predicted molar refractivity (Wildman–Crippen MR) is 63.3 cm³/mol. The van der Waals surface area contributed by atoms with Gasteiger partial charge < -0.3 is 10.3 Å². The Hall–Kier alpha value is -1.20. The van der Waals surface area contributed by atoms with Gasteiger partial charge in [-0.25, -0.2) is 9.37 Å². The molecule has 0 radical (unpaired) electrons. The molecule has 0 aliphatic rings. The summed E-state index contributed by atoms with van der Waals surface area (Å²) < 4.78 is 15.6. The van der Waals surface area contributed by atoms with Crippen LogP contribution in [0.3, 0.4) is 0 Å². The second-order valence-electron chi connectivity index (χ2n) is 3.52. The fraction of sp³-hybridized carbons (Fsp3) is 0.182. The monoisotopic (exact) mass is 283 g/mol. The molecule has 1 heterocycles. The van der Waals surface area contributed by atoms with Crippen LogP contribution < -0.4 is 5.73 Å². The molecule has 0 saturated heterocycles. The minimum absolute atomic E-state index is 0.317. The van der Waals surface area contributed by atoms with Crippen molar-refractivity contribution in [2.24, 2.45) is 12.8 Å². The number of aromatic nitrogens is 2. The van der Waals surface area contributed by atoms with Crippen molar-refractivity contribution in [3.63, 3.8) is 0 Å². The van der Waals surface area contributed by atoms with Gasteiger partial charge in [-0.1, -0.05) is 12.1 Å². The summed E-state index contributed by atoms with van der Waals surface area (Å²) in [5, 5.41) is 0. The lowest BCUT2D eigenvalue weighted by Gasteiger charge is -2.13. The Bertz CT molecular complexity index is 510. The van der Waals surface area contributed by atoms with Crippen LogP contribution in [0.25, 0.3) is 0 Å². The number of aryl methyl sites for hydroxylation is 1. The minimum Gasteiger partial charge on any atom is -0.336 e. The van der Waals surface area contributed by atoms with Gasteiger partial charge in [-0.05, 0) is 27.6 Å². The highest BCUT2D eigenvalue weighted by Gasteiger charge is 2.17. The van der Waals surface area contributed by atoms with E-state index in [1.54, 1.807) is 18.3 Å². The molecule has 3 nitrogen and oxygen atoms in total. The van der Waals surface area contributed by atoms with Crippen LogP contribution >= 0.6 is 15.9 Å². The summed E-state index contributed by atoms with van der Waals surface area (Å²) in [5.74, 6) is 0.383. The van der Waals surface area contributed by atoms with E-state index in [0.717, 1.165) is 0 Å². The Balaban J connectivity index is 2.46. The van der Waals surface area contributed by atoms with Gasteiger partial charge in [-0.2, -0.15) is 0 Å². The summed E-state index contributed by atoms with van der Waals surface area (Å²) >= 11 is 3.20. The quantitative estimate of drug-likeness (QED) is 0.920. The molecule has 0 amide bonds. The van der Waals surface area contributed by atoms with Gasteiger partial charge in [0.25, 0.3) is 0 Å². The maximum Gasteiger partial charge on any atom is 0.137 e. The van der Waals surface area contributed by atoms with E-state index in [-0.39, 0.29) is 5.82 Å². The zero-order valence-electron chi connectivity index (χ0n) is 8.69. The van der Waals surface area contributed by atoms with Crippen molar-refractivity contribution in [1.29, 1.82) is 0 Å². The van der Waals surface area contributed by atoms with Crippen LogP contribution in [0.15, 0.2) is 35.1 Å². The number of halogens is 2. The van der Waals surface area contributed by atoms with Gasteiger partial charge in [0.15, 0.2) is 0 Å². The van der Waals surface area contributed by atoms with Crippen LogP contribution in [0.4, 0.5) is 4.39 Å². The van der Waals surface area contributed by atoms with Crippen LogP contribution in [0.2, 0.25) is 0 Å². The first-order chi connectivity index (χ1) is 7.61. The summed E-state index contributed by atoms with van der Waals surface area (Å²) in [5.41, 5.74) is 6.74. The molecule has 0 bridgehead atoms. The van der Waals surface area contributed by atoms with Gasteiger partial charge >= 0.3 is 0 Å². The topological polar surface area (TPSA) is 43.8 Å². The molecule has 0 aliphatic carbocycles. The molecule has 2 aromatic rings. The Kier molecular flexibility index (Phi) is 3.07. The molecule has 0 spiro atoms. The molecule has 1 atom stereocenters. The van der Waals surface area contributed by atoms with Gasteiger partial charge in [0.05, 0.1) is 10.5 Å². The maximum atomic E-state index is 13.4. The zero-order valence-corrected chi connectivity index (χ0v) is 10.3. The van der Waals surface area contributed by atoms with E-state index in [4.69, 9.17) is 5.73 Å². The van der Waals surface area contributed by atoms with Crippen molar-refractivity contribution < 1.29 is 4.39 Å². The molecule has 0 saturated carbocycles. The van der Waals surface area contributed by atoms with Crippen LogP contribution in [-0.4, -0.2) is 9.55 Å². The summed E-state index contributed by atoms with van der Waals surface area (Å²) in [6.07, 6.45) is 3.48. The molecular weight excluding hydrogens is 273 g/mol. The van der Waals surface area contributed by atoms with Crippen molar-refractivity contribution >= 4 is 15.9 Å². The Morgan fingerprint density at radius 2 is 2.25 bits per heavy atom. The van der Waals surface area contributed by atoms with Crippen molar-refractivity contribution in [2.75, 3.05) is 0 Å². The predicted octanol–water partition coefficient (Wildman–Crippen LogP) is 2.37. The largest absolute Gasteiger partial charge is 0.336 e. The first kappa shape index (κ1) is 11.3. The second kappa shape index (κ2) is 4.35. The lowest BCUT2D eigenvalue weighted by molar-refractivity contribution is 0.612. The normalized spacial score (nSPS) is 12.8. The molecule has 84 valence electrons. The summed E-state index contributed by atoms with van der Waals surface area (Å²) in [6.45, 7) is 0. The van der Waals surface area contributed by atoms with Crippen molar-refractivity contribution in [3.8, 4) is 0 Å². The SMILES string of the molecule is Cn1ccnc1C(N)c1cccc(F)c1Br. The highest BCUT2D eigenvalue weighted by Crippen LogP contribution is 2.27. The van der Waals surface area contributed by atoms with Gasteiger partial charge in [-0.3, -0.25) is 0 Å². The smallest absolute Gasteiger partial charge is 0.137 e. The summed E-state index contributed by atoms with van der Waals surface area (Å²) in [6, 6.07) is 4.37. The number of rotatable bonds is 2. The fourth-order valence-corrected chi connectivity index (χ4v) is 2.09. The minimum atomic E-state index is -0.440. The van der Waals surface area contributed by atoms with Gasteiger partial charge in [0.1, 0.15) is 11.6 Å². The number of hydrogen-bond donors (Lipinski definition) is 1. The Labute approximate surface area is 101 Å². The number of imidazole rings is 1.